The second kappa shape index (κ2) is 5.29. The Hall–Kier alpha value is -1.06. The van der Waals surface area contributed by atoms with Crippen LogP contribution in [0.15, 0.2) is 24.3 Å². The highest BCUT2D eigenvalue weighted by molar-refractivity contribution is 5.32. The van der Waals surface area contributed by atoms with Crippen molar-refractivity contribution in [3.8, 4) is 5.75 Å². The van der Waals surface area contributed by atoms with Gasteiger partial charge in [-0.25, -0.2) is 0 Å². The molecule has 0 unspecified atom stereocenters. The minimum atomic E-state index is 0.670. The van der Waals surface area contributed by atoms with Crippen LogP contribution in [0.25, 0.3) is 0 Å². The SMILES string of the molecule is CCN1C[C@H](c2ccc(OC)cc2)[C@H]2[C@@H]1C1CCN2CC1. The summed E-state index contributed by atoms with van der Waals surface area (Å²) in [4.78, 5) is 5.52. The molecule has 0 amide bonds. The third-order valence-corrected chi connectivity index (χ3v) is 6.04. The van der Waals surface area contributed by atoms with Gasteiger partial charge in [-0.1, -0.05) is 19.1 Å². The first kappa shape index (κ1) is 13.6. The number of nitrogens with zero attached hydrogens (tertiary/aromatic N) is 2. The zero-order chi connectivity index (χ0) is 14.4. The molecule has 4 saturated heterocycles. The second-order valence-corrected chi connectivity index (χ2v) is 6.82. The van der Waals surface area contributed by atoms with Crippen molar-refractivity contribution in [3.63, 3.8) is 0 Å². The smallest absolute Gasteiger partial charge is 0.118 e. The molecule has 114 valence electrons. The molecule has 1 aromatic rings. The topological polar surface area (TPSA) is 15.7 Å². The molecule has 0 radical (unpaired) electrons. The fraction of sp³-hybridized carbons (Fsp3) is 0.667. The molecular formula is C18H26N2O. The van der Waals surface area contributed by atoms with Gasteiger partial charge in [0.05, 0.1) is 7.11 Å². The van der Waals surface area contributed by atoms with Crippen LogP contribution in [0.3, 0.4) is 0 Å². The lowest BCUT2D eigenvalue weighted by Crippen LogP contribution is -2.60. The Kier molecular flexibility index (Phi) is 3.43. The monoisotopic (exact) mass is 286 g/mol. The summed E-state index contributed by atoms with van der Waals surface area (Å²) in [7, 11) is 1.74. The fourth-order valence-electron chi connectivity index (χ4n) is 5.04. The van der Waals surface area contributed by atoms with Gasteiger partial charge in [-0.3, -0.25) is 9.80 Å². The maximum Gasteiger partial charge on any atom is 0.118 e. The van der Waals surface area contributed by atoms with Crippen LogP contribution in [0.2, 0.25) is 0 Å². The zero-order valence-corrected chi connectivity index (χ0v) is 13.2. The minimum absolute atomic E-state index is 0.670. The molecule has 4 aliphatic heterocycles. The molecule has 0 aliphatic carbocycles. The van der Waals surface area contributed by atoms with Gasteiger partial charge >= 0.3 is 0 Å². The molecule has 5 rings (SSSR count). The Balaban J connectivity index is 1.65. The van der Waals surface area contributed by atoms with Crippen LogP contribution in [0.5, 0.6) is 5.75 Å². The molecule has 0 N–H and O–H groups in total. The molecule has 4 fully saturated rings. The molecule has 4 heterocycles. The predicted molar refractivity (Wildman–Crippen MR) is 84.9 cm³/mol. The Labute approximate surface area is 127 Å². The highest BCUT2D eigenvalue weighted by atomic mass is 16.5. The standard InChI is InChI=1S/C18H26N2O/c1-3-19-12-16(13-4-6-15(21-2)7-5-13)18-17(19)14-8-10-20(18)11-9-14/h4-7,14,16-18H,3,8-12H2,1-2H3/t16-,17+,18+/m1/s1. The molecule has 3 heteroatoms. The van der Waals surface area contributed by atoms with E-state index in [1.165, 1.54) is 44.6 Å². The van der Waals surface area contributed by atoms with E-state index in [0.29, 0.717) is 5.92 Å². The van der Waals surface area contributed by atoms with Crippen LogP contribution in [0, 0.1) is 5.92 Å². The first-order chi connectivity index (χ1) is 10.3. The van der Waals surface area contributed by atoms with Gasteiger partial charge < -0.3 is 4.74 Å². The van der Waals surface area contributed by atoms with Gasteiger partial charge in [0.15, 0.2) is 0 Å². The fourth-order valence-corrected chi connectivity index (χ4v) is 5.04. The number of methoxy groups -OCH3 is 1. The molecule has 4 aliphatic rings. The van der Waals surface area contributed by atoms with Crippen molar-refractivity contribution in [2.75, 3.05) is 33.3 Å². The molecule has 1 aromatic carbocycles. The van der Waals surface area contributed by atoms with E-state index >= 15 is 0 Å². The Morgan fingerprint density at radius 2 is 1.81 bits per heavy atom. The van der Waals surface area contributed by atoms with E-state index in [9.17, 15) is 0 Å². The van der Waals surface area contributed by atoms with Gasteiger partial charge in [-0.05, 0) is 56.1 Å². The summed E-state index contributed by atoms with van der Waals surface area (Å²) in [5.74, 6) is 2.57. The number of hydrogen-bond donors (Lipinski definition) is 0. The third kappa shape index (κ3) is 2.09. The molecule has 0 spiro atoms. The van der Waals surface area contributed by atoms with Crippen molar-refractivity contribution in [2.45, 2.75) is 37.8 Å². The highest BCUT2D eigenvalue weighted by Crippen LogP contribution is 2.46. The summed E-state index contributed by atoms with van der Waals surface area (Å²) in [5, 5.41) is 0. The molecule has 2 bridgehead atoms. The van der Waals surface area contributed by atoms with Crippen molar-refractivity contribution in [1.82, 2.24) is 9.80 Å². The first-order valence-electron chi connectivity index (χ1n) is 8.44. The van der Waals surface area contributed by atoms with Gasteiger partial charge in [-0.2, -0.15) is 0 Å². The number of benzene rings is 1. The van der Waals surface area contributed by atoms with E-state index in [0.717, 1.165) is 23.8 Å². The lowest BCUT2D eigenvalue weighted by molar-refractivity contribution is -0.00509. The Morgan fingerprint density at radius 3 is 2.43 bits per heavy atom. The summed E-state index contributed by atoms with van der Waals surface area (Å²) in [6.45, 7) is 7.38. The van der Waals surface area contributed by atoms with E-state index in [1.807, 2.05) is 0 Å². The van der Waals surface area contributed by atoms with Crippen LogP contribution >= 0.6 is 0 Å². The van der Waals surface area contributed by atoms with E-state index in [1.54, 1.807) is 7.11 Å². The molecule has 3 nitrogen and oxygen atoms in total. The second-order valence-electron chi connectivity index (χ2n) is 6.82. The van der Waals surface area contributed by atoms with Crippen molar-refractivity contribution in [2.24, 2.45) is 5.92 Å². The van der Waals surface area contributed by atoms with Crippen LogP contribution < -0.4 is 4.74 Å². The van der Waals surface area contributed by atoms with Crippen molar-refractivity contribution < 1.29 is 4.74 Å². The minimum Gasteiger partial charge on any atom is -0.497 e. The summed E-state index contributed by atoms with van der Waals surface area (Å²) in [5.41, 5.74) is 1.49. The van der Waals surface area contributed by atoms with Gasteiger partial charge in [0.25, 0.3) is 0 Å². The number of rotatable bonds is 3. The summed E-state index contributed by atoms with van der Waals surface area (Å²) in [6, 6.07) is 10.3. The van der Waals surface area contributed by atoms with E-state index in [4.69, 9.17) is 4.74 Å². The average molecular weight is 286 g/mol. The van der Waals surface area contributed by atoms with E-state index in [-0.39, 0.29) is 0 Å². The van der Waals surface area contributed by atoms with Crippen molar-refractivity contribution >= 4 is 0 Å². The predicted octanol–water partition coefficient (Wildman–Crippen LogP) is 2.58. The molecule has 3 atom stereocenters. The maximum absolute atomic E-state index is 5.31. The van der Waals surface area contributed by atoms with Crippen LogP contribution in [-0.2, 0) is 0 Å². The van der Waals surface area contributed by atoms with Gasteiger partial charge in [0.1, 0.15) is 5.75 Å². The number of likely N-dealkylation sites (N-methyl/N-ethyl adjacent to an activating group) is 1. The normalized spacial score (nSPS) is 38.5. The van der Waals surface area contributed by atoms with Crippen LogP contribution in [0.4, 0.5) is 0 Å². The average Bonchev–Trinajstić information content (AvgIpc) is 2.98. The molecule has 21 heavy (non-hydrogen) atoms. The maximum atomic E-state index is 5.31. The molecule has 0 aromatic heterocycles. The van der Waals surface area contributed by atoms with E-state index < -0.39 is 0 Å². The molecular weight excluding hydrogens is 260 g/mol. The number of ether oxygens (including phenoxy) is 1. The summed E-state index contributed by atoms with van der Waals surface area (Å²) < 4.78 is 5.31. The van der Waals surface area contributed by atoms with Crippen LogP contribution in [-0.4, -0.2) is 55.2 Å². The number of piperidine rings is 3. The lowest BCUT2D eigenvalue weighted by atomic mass is 9.75. The number of hydrogen-bond acceptors (Lipinski definition) is 3. The Bertz CT molecular complexity index is 492. The van der Waals surface area contributed by atoms with Crippen molar-refractivity contribution in [1.29, 1.82) is 0 Å². The van der Waals surface area contributed by atoms with Gasteiger partial charge in [0, 0.05) is 24.5 Å². The Morgan fingerprint density at radius 1 is 1.10 bits per heavy atom. The molecule has 0 saturated carbocycles. The largest absolute Gasteiger partial charge is 0.497 e. The number of likely N-dealkylation sites (tertiary alicyclic amines) is 1. The quantitative estimate of drug-likeness (QED) is 0.849. The van der Waals surface area contributed by atoms with Crippen molar-refractivity contribution in [3.05, 3.63) is 29.8 Å². The zero-order valence-electron chi connectivity index (χ0n) is 13.2. The first-order valence-corrected chi connectivity index (χ1v) is 8.44. The van der Waals surface area contributed by atoms with E-state index in [2.05, 4.69) is 41.0 Å². The van der Waals surface area contributed by atoms with Crippen LogP contribution in [0.1, 0.15) is 31.2 Å². The summed E-state index contributed by atoms with van der Waals surface area (Å²) >= 11 is 0. The van der Waals surface area contributed by atoms with Gasteiger partial charge in [0.2, 0.25) is 0 Å². The summed E-state index contributed by atoms with van der Waals surface area (Å²) in [6.07, 6.45) is 2.82. The third-order valence-electron chi connectivity index (χ3n) is 6.04. The number of fused-ring (bicyclic) bond motifs is 2. The van der Waals surface area contributed by atoms with Gasteiger partial charge in [-0.15, -0.1) is 0 Å². The highest BCUT2D eigenvalue weighted by Gasteiger charge is 2.52. The lowest BCUT2D eigenvalue weighted by Gasteiger charge is -2.51.